The number of fused-ring (bicyclic) bond motifs is 1. The van der Waals surface area contributed by atoms with E-state index < -0.39 is 28.4 Å². The van der Waals surface area contributed by atoms with Gasteiger partial charge in [0.1, 0.15) is 11.3 Å². The molecule has 1 aliphatic carbocycles. The molecule has 0 amide bonds. The van der Waals surface area contributed by atoms with Crippen molar-refractivity contribution in [3.63, 3.8) is 0 Å². The van der Waals surface area contributed by atoms with Crippen molar-refractivity contribution in [1.29, 1.82) is 0 Å². The van der Waals surface area contributed by atoms with Gasteiger partial charge in [-0.05, 0) is 76.4 Å². The summed E-state index contributed by atoms with van der Waals surface area (Å²) in [4.78, 5) is 20.7. The maximum Gasteiger partial charge on any atom is 0.390 e. The minimum absolute atomic E-state index is 0.0491. The number of rotatable bonds is 9. The number of nitrogens with one attached hydrogen (secondary N) is 2. The van der Waals surface area contributed by atoms with Crippen LogP contribution in [-0.4, -0.2) is 71.4 Å². The third-order valence-corrected chi connectivity index (χ3v) is 8.50. The van der Waals surface area contributed by atoms with Crippen LogP contribution in [-0.2, 0) is 10.0 Å². The Balaban J connectivity index is 1.56. The second-order valence-electron chi connectivity index (χ2n) is 10.9. The van der Waals surface area contributed by atoms with E-state index in [4.69, 9.17) is 9.97 Å². The lowest BCUT2D eigenvalue weighted by Crippen LogP contribution is -2.36. The van der Waals surface area contributed by atoms with Gasteiger partial charge < -0.3 is 10.2 Å². The van der Waals surface area contributed by atoms with Gasteiger partial charge in [-0.25, -0.2) is 28.4 Å². The number of sulfonamides is 1. The maximum atomic E-state index is 12.5. The third-order valence-electron chi connectivity index (χ3n) is 7.23. The third kappa shape index (κ3) is 7.57. The highest BCUT2D eigenvalue weighted by Gasteiger charge is 2.30. The van der Waals surface area contributed by atoms with Crippen LogP contribution in [0, 0.1) is 6.92 Å². The average Bonchev–Trinajstić information content (AvgIpc) is 2.87. The second-order valence-corrected chi connectivity index (χ2v) is 12.7. The number of anilines is 2. The van der Waals surface area contributed by atoms with E-state index in [0.29, 0.717) is 40.5 Å². The Morgan fingerprint density at radius 3 is 2.38 bits per heavy atom. The minimum atomic E-state index is -4.57. The summed E-state index contributed by atoms with van der Waals surface area (Å²) in [5, 5.41) is 3.50. The predicted molar refractivity (Wildman–Crippen MR) is 151 cm³/mol. The van der Waals surface area contributed by atoms with Crippen LogP contribution >= 0.6 is 0 Å². The van der Waals surface area contributed by atoms with Crippen LogP contribution in [0.1, 0.15) is 63.1 Å². The molecule has 3 aromatic rings. The minimum Gasteiger partial charge on any atom is -0.351 e. The van der Waals surface area contributed by atoms with Crippen molar-refractivity contribution in [1.82, 2.24) is 24.8 Å². The summed E-state index contributed by atoms with van der Waals surface area (Å²) in [7, 11) is 0.0382. The van der Waals surface area contributed by atoms with Crippen LogP contribution in [0.3, 0.4) is 0 Å². The summed E-state index contributed by atoms with van der Waals surface area (Å²) in [5.41, 5.74) is 4.14. The van der Waals surface area contributed by atoms with Crippen LogP contribution in [0.15, 0.2) is 24.4 Å². The van der Waals surface area contributed by atoms with Crippen LogP contribution in [0.4, 0.5) is 24.9 Å². The van der Waals surface area contributed by atoms with Crippen molar-refractivity contribution in [3.8, 4) is 11.3 Å². The van der Waals surface area contributed by atoms with Crippen LogP contribution in [0.25, 0.3) is 22.3 Å². The van der Waals surface area contributed by atoms with Crippen LogP contribution in [0.5, 0.6) is 0 Å². The van der Waals surface area contributed by atoms with E-state index in [1.807, 2.05) is 6.07 Å². The van der Waals surface area contributed by atoms with Gasteiger partial charge in [0.25, 0.3) is 0 Å². The summed E-state index contributed by atoms with van der Waals surface area (Å²) in [5.74, 6) is -0.406. The summed E-state index contributed by atoms with van der Waals surface area (Å²) in [6, 6.07) is 5.95. The Kier molecular flexibility index (Phi) is 8.83. The summed E-state index contributed by atoms with van der Waals surface area (Å²) < 4.78 is 63.7. The van der Waals surface area contributed by atoms with Gasteiger partial charge in [-0.2, -0.15) is 13.2 Å². The highest BCUT2D eigenvalue weighted by molar-refractivity contribution is 7.92. The monoisotopic (exact) mass is 579 g/mol. The lowest BCUT2D eigenvalue weighted by molar-refractivity contribution is -0.129. The van der Waals surface area contributed by atoms with E-state index in [0.717, 1.165) is 36.8 Å². The first-order valence-corrected chi connectivity index (χ1v) is 15.0. The zero-order valence-corrected chi connectivity index (χ0v) is 24.2. The van der Waals surface area contributed by atoms with Crippen molar-refractivity contribution < 1.29 is 21.6 Å². The van der Waals surface area contributed by atoms with Gasteiger partial charge in [-0.15, -0.1) is 0 Å². The first-order chi connectivity index (χ1) is 18.7. The van der Waals surface area contributed by atoms with E-state index in [1.165, 1.54) is 6.07 Å². The Morgan fingerprint density at radius 2 is 1.77 bits per heavy atom. The molecule has 4 rings (SSSR count). The molecule has 3 aromatic heterocycles. The number of aromatic nitrogens is 4. The first kappa shape index (κ1) is 29.9. The van der Waals surface area contributed by atoms with Crippen molar-refractivity contribution in [3.05, 3.63) is 35.7 Å². The molecule has 1 fully saturated rings. The zero-order valence-electron chi connectivity index (χ0n) is 23.4. The molecule has 9 nitrogen and oxygen atoms in total. The van der Waals surface area contributed by atoms with Gasteiger partial charge in [-0.1, -0.05) is 13.8 Å². The fourth-order valence-corrected chi connectivity index (χ4v) is 6.00. The van der Waals surface area contributed by atoms with E-state index in [1.54, 1.807) is 19.2 Å². The fourth-order valence-electron chi connectivity index (χ4n) is 4.96. The van der Waals surface area contributed by atoms with Crippen LogP contribution in [0.2, 0.25) is 0 Å². The van der Waals surface area contributed by atoms with E-state index in [-0.39, 0.29) is 11.7 Å². The smallest absolute Gasteiger partial charge is 0.351 e. The van der Waals surface area contributed by atoms with Crippen molar-refractivity contribution in [2.75, 3.05) is 29.9 Å². The molecule has 40 heavy (non-hydrogen) atoms. The van der Waals surface area contributed by atoms with Crippen molar-refractivity contribution in [2.24, 2.45) is 0 Å². The van der Waals surface area contributed by atoms with Gasteiger partial charge in [0, 0.05) is 23.3 Å². The highest BCUT2D eigenvalue weighted by Crippen LogP contribution is 2.31. The summed E-state index contributed by atoms with van der Waals surface area (Å²) in [6.07, 6.45) is 0.0676. The molecule has 2 N–H and O–H groups in total. The van der Waals surface area contributed by atoms with Gasteiger partial charge in [0.05, 0.1) is 29.6 Å². The number of nitrogens with zero attached hydrogens (tertiary/aromatic N) is 5. The molecule has 218 valence electrons. The Bertz CT molecular complexity index is 1450. The van der Waals surface area contributed by atoms with Gasteiger partial charge in [0.15, 0.2) is 0 Å². The lowest BCUT2D eigenvalue weighted by atomic mass is 9.90. The highest BCUT2D eigenvalue weighted by atomic mass is 32.2. The molecule has 0 radical (unpaired) electrons. The largest absolute Gasteiger partial charge is 0.390 e. The number of aryl methyl sites for hydroxylation is 1. The van der Waals surface area contributed by atoms with Crippen LogP contribution < -0.4 is 10.0 Å². The zero-order chi connectivity index (χ0) is 29.2. The number of pyridine rings is 2. The molecular weight excluding hydrogens is 543 g/mol. The molecule has 0 spiro atoms. The first-order valence-electron chi connectivity index (χ1n) is 13.4. The molecule has 0 saturated heterocycles. The molecule has 0 atom stereocenters. The number of halogens is 3. The topological polar surface area (TPSA) is 113 Å². The quantitative estimate of drug-likeness (QED) is 0.342. The predicted octanol–water partition coefficient (Wildman–Crippen LogP) is 5.50. The molecule has 0 aromatic carbocycles. The van der Waals surface area contributed by atoms with E-state index in [2.05, 4.69) is 52.8 Å². The van der Waals surface area contributed by atoms with Crippen molar-refractivity contribution in [2.45, 2.75) is 77.1 Å². The van der Waals surface area contributed by atoms with Gasteiger partial charge in [0.2, 0.25) is 16.0 Å². The average molecular weight is 580 g/mol. The number of hydrogen-bond donors (Lipinski definition) is 2. The van der Waals surface area contributed by atoms with E-state index in [9.17, 15) is 21.6 Å². The molecular formula is C27H36F3N7O2S. The van der Waals surface area contributed by atoms with Crippen molar-refractivity contribution >= 4 is 32.8 Å². The van der Waals surface area contributed by atoms with Gasteiger partial charge in [-0.3, -0.25) is 4.72 Å². The fraction of sp³-hybridized carbons (Fsp3) is 0.556. The maximum absolute atomic E-state index is 12.5. The molecule has 0 aliphatic heterocycles. The SMILES string of the molecule is Cc1nc(NS(=O)(=O)CCC(F)(F)F)ccc1-c1cc(C(C)C)c2nc(NC3CCC(N(C)C)CC3)ncc2n1. The number of hydrogen-bond acceptors (Lipinski definition) is 8. The molecule has 3 heterocycles. The lowest BCUT2D eigenvalue weighted by Gasteiger charge is -2.33. The standard InChI is InChI=1S/C27H36F3N7O2S/c1-16(2)21-14-22(20-10-11-24(32-17(20)3)36-40(38,39)13-12-27(28,29)30)34-23-15-31-26(35-25(21)23)33-18-6-8-19(9-7-18)37(4)5/h10-11,14-16,18-19H,6-9,12-13H2,1-5H3,(H,32,36)(H,31,33,35). The van der Waals surface area contributed by atoms with Gasteiger partial charge >= 0.3 is 6.18 Å². The number of alkyl halides is 3. The Labute approximate surface area is 233 Å². The molecule has 0 unspecified atom stereocenters. The normalized spacial score (nSPS) is 18.4. The second kappa shape index (κ2) is 11.8. The Morgan fingerprint density at radius 1 is 1.07 bits per heavy atom. The molecule has 1 saturated carbocycles. The Hall–Kier alpha value is -3.06. The molecule has 13 heteroatoms. The summed E-state index contributed by atoms with van der Waals surface area (Å²) >= 11 is 0. The van der Waals surface area contributed by atoms with E-state index >= 15 is 0 Å². The summed E-state index contributed by atoms with van der Waals surface area (Å²) in [6.45, 7) is 5.83. The molecule has 0 bridgehead atoms. The molecule has 1 aliphatic rings.